The third-order valence-electron chi connectivity index (χ3n) is 3.46. The number of carbonyl (C=O) groups excluding carboxylic acids is 1. The number of hydrogen-bond donors (Lipinski definition) is 4. The van der Waals surface area contributed by atoms with Gasteiger partial charge in [-0.05, 0) is 6.42 Å². The number of rotatable bonds is 5. The van der Waals surface area contributed by atoms with Crippen molar-refractivity contribution in [2.45, 2.75) is 44.3 Å². The molecule has 1 aliphatic heterocycles. The van der Waals surface area contributed by atoms with Crippen LogP contribution < -0.4 is 5.32 Å². The lowest BCUT2D eigenvalue weighted by molar-refractivity contribution is -0.322. The van der Waals surface area contributed by atoms with E-state index in [2.05, 4.69) is 5.32 Å². The van der Waals surface area contributed by atoms with Gasteiger partial charge in [0.1, 0.15) is 12.6 Å². The summed E-state index contributed by atoms with van der Waals surface area (Å²) in [7, 11) is 1.37. The number of hydrogen-bond acceptors (Lipinski definition) is 6. The van der Waals surface area contributed by atoms with E-state index in [9.17, 15) is 20.1 Å². The van der Waals surface area contributed by atoms with Crippen LogP contribution in [0.25, 0.3) is 0 Å². The monoisotopic (exact) mass is 277 g/mol. The van der Waals surface area contributed by atoms with E-state index in [0.29, 0.717) is 6.42 Å². The second kappa shape index (κ2) is 6.62. The number of aliphatic hydroxyl groups excluding tert-OH is 2. The Kier molecular flexibility index (Phi) is 5.69. The average Bonchev–Trinajstić information content (AvgIpc) is 2.34. The SMILES string of the molecule is CCC1C(CO)OC(O)(COC)C(NC(C)=O)C1O. The molecule has 5 unspecified atom stereocenters. The third kappa shape index (κ3) is 3.43. The van der Waals surface area contributed by atoms with Crippen molar-refractivity contribution >= 4 is 5.91 Å². The molecule has 4 N–H and O–H groups in total. The van der Waals surface area contributed by atoms with Crippen LogP contribution in [0.15, 0.2) is 0 Å². The Morgan fingerprint density at radius 1 is 1.53 bits per heavy atom. The summed E-state index contributed by atoms with van der Waals surface area (Å²) in [6, 6.07) is -1.00. The molecule has 7 nitrogen and oxygen atoms in total. The predicted octanol–water partition coefficient (Wildman–Crippen LogP) is -1.40. The summed E-state index contributed by atoms with van der Waals surface area (Å²) in [5.74, 6) is -2.63. The molecule has 0 bridgehead atoms. The third-order valence-corrected chi connectivity index (χ3v) is 3.46. The number of methoxy groups -OCH3 is 1. The number of amides is 1. The van der Waals surface area contributed by atoms with E-state index >= 15 is 0 Å². The first-order chi connectivity index (χ1) is 8.89. The average molecular weight is 277 g/mol. The van der Waals surface area contributed by atoms with E-state index in [4.69, 9.17) is 9.47 Å². The Hall–Kier alpha value is -0.730. The molecule has 0 aliphatic carbocycles. The fourth-order valence-corrected chi connectivity index (χ4v) is 2.58. The van der Waals surface area contributed by atoms with Crippen LogP contribution in [0, 0.1) is 5.92 Å². The van der Waals surface area contributed by atoms with Gasteiger partial charge in [0.05, 0.1) is 18.8 Å². The van der Waals surface area contributed by atoms with Gasteiger partial charge < -0.3 is 30.1 Å². The minimum absolute atomic E-state index is 0.220. The molecular weight excluding hydrogens is 254 g/mol. The van der Waals surface area contributed by atoms with Crippen molar-refractivity contribution in [3.8, 4) is 0 Å². The molecule has 1 amide bonds. The maximum absolute atomic E-state index is 11.2. The summed E-state index contributed by atoms with van der Waals surface area (Å²) in [6.07, 6.45) is -1.18. The zero-order valence-corrected chi connectivity index (χ0v) is 11.5. The van der Waals surface area contributed by atoms with Crippen LogP contribution in [0.2, 0.25) is 0 Å². The summed E-state index contributed by atoms with van der Waals surface area (Å²) < 4.78 is 10.3. The van der Waals surface area contributed by atoms with Crippen molar-refractivity contribution in [1.82, 2.24) is 5.32 Å². The minimum atomic E-state index is -1.86. The second-order valence-corrected chi connectivity index (χ2v) is 4.86. The highest BCUT2D eigenvalue weighted by Gasteiger charge is 2.53. The van der Waals surface area contributed by atoms with Gasteiger partial charge in [-0.25, -0.2) is 0 Å². The van der Waals surface area contributed by atoms with Gasteiger partial charge in [-0.2, -0.15) is 0 Å². The van der Waals surface area contributed by atoms with Crippen molar-refractivity contribution in [2.24, 2.45) is 5.92 Å². The smallest absolute Gasteiger partial charge is 0.217 e. The van der Waals surface area contributed by atoms with E-state index in [1.165, 1.54) is 14.0 Å². The van der Waals surface area contributed by atoms with Crippen LogP contribution in [-0.2, 0) is 14.3 Å². The highest BCUT2D eigenvalue weighted by molar-refractivity contribution is 5.73. The predicted molar refractivity (Wildman–Crippen MR) is 66.2 cm³/mol. The van der Waals surface area contributed by atoms with Crippen LogP contribution in [0.5, 0.6) is 0 Å². The Morgan fingerprint density at radius 3 is 2.58 bits per heavy atom. The first-order valence-electron chi connectivity index (χ1n) is 6.34. The zero-order chi connectivity index (χ0) is 14.6. The van der Waals surface area contributed by atoms with E-state index in [1.807, 2.05) is 6.92 Å². The molecule has 112 valence electrons. The van der Waals surface area contributed by atoms with Gasteiger partial charge in [-0.3, -0.25) is 4.79 Å². The van der Waals surface area contributed by atoms with Gasteiger partial charge >= 0.3 is 0 Å². The molecule has 0 spiro atoms. The van der Waals surface area contributed by atoms with Gasteiger partial charge in [0, 0.05) is 20.0 Å². The fourth-order valence-electron chi connectivity index (χ4n) is 2.58. The maximum Gasteiger partial charge on any atom is 0.217 e. The number of ether oxygens (including phenoxy) is 2. The molecule has 1 aliphatic rings. The van der Waals surface area contributed by atoms with E-state index in [1.54, 1.807) is 0 Å². The van der Waals surface area contributed by atoms with Gasteiger partial charge in [-0.1, -0.05) is 6.92 Å². The molecule has 0 saturated carbocycles. The van der Waals surface area contributed by atoms with Crippen molar-refractivity contribution in [3.63, 3.8) is 0 Å². The van der Waals surface area contributed by atoms with Crippen molar-refractivity contribution < 1.29 is 29.6 Å². The van der Waals surface area contributed by atoms with E-state index in [-0.39, 0.29) is 25.0 Å². The molecule has 5 atom stereocenters. The standard InChI is InChI=1S/C12H23NO6/c1-4-8-9(5-14)19-12(17,6-18-3)11(10(8)16)13-7(2)15/h8-11,14,16-17H,4-6H2,1-3H3,(H,13,15). The number of aliphatic hydroxyl groups is 3. The molecular formula is C12H23NO6. The first-order valence-corrected chi connectivity index (χ1v) is 6.34. The van der Waals surface area contributed by atoms with Gasteiger partial charge in [-0.15, -0.1) is 0 Å². The van der Waals surface area contributed by atoms with Gasteiger partial charge in [0.15, 0.2) is 0 Å². The summed E-state index contributed by atoms with van der Waals surface area (Å²) in [6.45, 7) is 2.58. The van der Waals surface area contributed by atoms with Crippen LogP contribution >= 0.6 is 0 Å². The molecule has 19 heavy (non-hydrogen) atoms. The topological polar surface area (TPSA) is 108 Å². The fraction of sp³-hybridized carbons (Fsp3) is 0.917. The normalized spacial score (nSPS) is 39.1. The Labute approximate surface area is 112 Å². The lowest BCUT2D eigenvalue weighted by Crippen LogP contribution is -2.69. The Bertz CT molecular complexity index is 313. The highest BCUT2D eigenvalue weighted by atomic mass is 16.7. The van der Waals surface area contributed by atoms with Crippen LogP contribution in [0.1, 0.15) is 20.3 Å². The van der Waals surface area contributed by atoms with Crippen LogP contribution in [0.4, 0.5) is 0 Å². The lowest BCUT2D eigenvalue weighted by Gasteiger charge is -2.48. The number of nitrogens with one attached hydrogen (secondary N) is 1. The second-order valence-electron chi connectivity index (χ2n) is 4.86. The summed E-state index contributed by atoms with van der Waals surface area (Å²) in [5.41, 5.74) is 0. The largest absolute Gasteiger partial charge is 0.394 e. The minimum Gasteiger partial charge on any atom is -0.394 e. The molecule has 0 aromatic carbocycles. The quantitative estimate of drug-likeness (QED) is 0.492. The molecule has 0 aromatic rings. The Morgan fingerprint density at radius 2 is 2.16 bits per heavy atom. The summed E-state index contributed by atoms with van der Waals surface area (Å²) in [5, 5.41) is 32.5. The van der Waals surface area contributed by atoms with E-state index in [0.717, 1.165) is 0 Å². The van der Waals surface area contributed by atoms with Gasteiger partial charge in [0.25, 0.3) is 0 Å². The molecule has 7 heteroatoms. The molecule has 0 radical (unpaired) electrons. The Balaban J connectivity index is 3.02. The van der Waals surface area contributed by atoms with E-state index < -0.39 is 24.0 Å². The maximum atomic E-state index is 11.2. The first kappa shape index (κ1) is 16.3. The highest BCUT2D eigenvalue weighted by Crippen LogP contribution is 2.33. The molecule has 1 rings (SSSR count). The molecule has 1 fully saturated rings. The van der Waals surface area contributed by atoms with Crippen LogP contribution in [-0.4, -0.2) is 65.6 Å². The van der Waals surface area contributed by atoms with Crippen molar-refractivity contribution in [3.05, 3.63) is 0 Å². The van der Waals surface area contributed by atoms with Crippen molar-refractivity contribution in [2.75, 3.05) is 20.3 Å². The number of carbonyl (C=O) groups is 1. The molecule has 0 aromatic heterocycles. The summed E-state index contributed by atoms with van der Waals surface area (Å²) >= 11 is 0. The summed E-state index contributed by atoms with van der Waals surface area (Å²) in [4.78, 5) is 11.2. The van der Waals surface area contributed by atoms with Crippen molar-refractivity contribution in [1.29, 1.82) is 0 Å². The molecule has 1 saturated heterocycles. The zero-order valence-electron chi connectivity index (χ0n) is 11.5. The van der Waals surface area contributed by atoms with Crippen LogP contribution in [0.3, 0.4) is 0 Å². The lowest BCUT2D eigenvalue weighted by atomic mass is 9.82. The molecule has 1 heterocycles. The van der Waals surface area contributed by atoms with Gasteiger partial charge in [0.2, 0.25) is 11.7 Å².